The lowest BCUT2D eigenvalue weighted by atomic mass is 9.75. The van der Waals surface area contributed by atoms with Gasteiger partial charge >= 0.3 is 17.9 Å². The van der Waals surface area contributed by atoms with E-state index in [1.54, 1.807) is 20.8 Å². The first-order valence-electron chi connectivity index (χ1n) is 9.88. The molecule has 0 aromatic rings. The van der Waals surface area contributed by atoms with E-state index in [0.29, 0.717) is 6.42 Å². The number of ether oxygens (including phenoxy) is 3. The summed E-state index contributed by atoms with van der Waals surface area (Å²) in [5.74, 6) is -3.13. The highest BCUT2D eigenvalue weighted by Gasteiger charge is 2.67. The second kappa shape index (κ2) is 6.87. The van der Waals surface area contributed by atoms with Crippen molar-refractivity contribution in [2.45, 2.75) is 77.8 Å². The van der Waals surface area contributed by atoms with Crippen LogP contribution in [0.5, 0.6) is 0 Å². The van der Waals surface area contributed by atoms with Crippen molar-refractivity contribution in [2.24, 2.45) is 23.7 Å². The number of carbonyl (C=O) groups excluding carboxylic acids is 3. The third-order valence-corrected chi connectivity index (χ3v) is 6.55. The highest BCUT2D eigenvalue weighted by Crippen LogP contribution is 2.54. The zero-order valence-corrected chi connectivity index (χ0v) is 17.4. The lowest BCUT2D eigenvalue weighted by Crippen LogP contribution is -2.51. The van der Waals surface area contributed by atoms with Crippen molar-refractivity contribution >= 4 is 17.9 Å². The molecule has 1 heterocycles. The van der Waals surface area contributed by atoms with Crippen molar-refractivity contribution in [3.63, 3.8) is 0 Å². The molecule has 0 aromatic carbocycles. The molecule has 1 saturated heterocycles. The molecule has 0 spiro atoms. The molecule has 156 valence electrons. The molecule has 7 nitrogen and oxygen atoms in total. The third kappa shape index (κ3) is 3.23. The number of hydrogen-bond donors (Lipinski definition) is 1. The van der Waals surface area contributed by atoms with Gasteiger partial charge in [0.15, 0.2) is 0 Å². The summed E-state index contributed by atoms with van der Waals surface area (Å²) in [4.78, 5) is 37.0. The number of rotatable bonds is 3. The average Bonchev–Trinajstić information content (AvgIpc) is 3.01. The summed E-state index contributed by atoms with van der Waals surface area (Å²) in [6, 6.07) is 0. The zero-order valence-electron chi connectivity index (χ0n) is 17.4. The predicted molar refractivity (Wildman–Crippen MR) is 98.9 cm³/mol. The van der Waals surface area contributed by atoms with Gasteiger partial charge in [0.2, 0.25) is 5.60 Å². The molecule has 3 aliphatic rings. The normalized spacial score (nSPS) is 42.2. The van der Waals surface area contributed by atoms with E-state index < -0.39 is 47.2 Å². The maximum atomic E-state index is 12.8. The van der Waals surface area contributed by atoms with E-state index in [9.17, 15) is 19.5 Å². The van der Waals surface area contributed by atoms with Gasteiger partial charge in [-0.05, 0) is 27.2 Å². The Labute approximate surface area is 165 Å². The van der Waals surface area contributed by atoms with Crippen LogP contribution in [0.1, 0.15) is 54.4 Å². The van der Waals surface area contributed by atoms with Crippen LogP contribution in [-0.4, -0.2) is 46.4 Å². The van der Waals surface area contributed by atoms with Gasteiger partial charge in [0.1, 0.15) is 12.2 Å². The van der Waals surface area contributed by atoms with Crippen LogP contribution in [-0.2, 0) is 28.6 Å². The molecule has 2 aliphatic carbocycles. The van der Waals surface area contributed by atoms with Gasteiger partial charge in [-0.15, -0.1) is 0 Å². The standard InChI is InChI=1S/C21H30O7/c1-10(2)18(23)26-14-9-20(5,25)13-8-7-11(3)15(13)17-16(14)21(6,19(24)27-17)28-12(4)22/h7,10,13-17,25H,8-9H2,1-6H3/t13-,14-,15+,16+,17-,20-,21-/m0/s1. The van der Waals surface area contributed by atoms with E-state index in [1.165, 1.54) is 13.8 Å². The molecule has 1 aliphatic heterocycles. The van der Waals surface area contributed by atoms with Crippen LogP contribution in [0.4, 0.5) is 0 Å². The fraction of sp³-hybridized carbons (Fsp3) is 0.762. The second-order valence-electron chi connectivity index (χ2n) is 9.10. The van der Waals surface area contributed by atoms with E-state index in [4.69, 9.17) is 14.2 Å². The van der Waals surface area contributed by atoms with Gasteiger partial charge in [-0.1, -0.05) is 25.5 Å². The van der Waals surface area contributed by atoms with E-state index in [1.807, 2.05) is 6.92 Å². The number of esters is 3. The van der Waals surface area contributed by atoms with Crippen LogP contribution in [0.2, 0.25) is 0 Å². The Balaban J connectivity index is 2.10. The molecule has 0 amide bonds. The van der Waals surface area contributed by atoms with Crippen LogP contribution in [0, 0.1) is 23.7 Å². The average molecular weight is 394 g/mol. The molecule has 0 aromatic heterocycles. The van der Waals surface area contributed by atoms with Gasteiger partial charge in [0.05, 0.1) is 17.4 Å². The number of hydrogen-bond acceptors (Lipinski definition) is 7. The van der Waals surface area contributed by atoms with Gasteiger partial charge in [-0.2, -0.15) is 0 Å². The summed E-state index contributed by atoms with van der Waals surface area (Å²) >= 11 is 0. The minimum absolute atomic E-state index is 0.141. The summed E-state index contributed by atoms with van der Waals surface area (Å²) in [5.41, 5.74) is -1.68. The lowest BCUT2D eigenvalue weighted by Gasteiger charge is -2.35. The fourth-order valence-electron chi connectivity index (χ4n) is 5.16. The molecule has 1 N–H and O–H groups in total. The van der Waals surface area contributed by atoms with Gasteiger partial charge in [-0.25, -0.2) is 4.79 Å². The van der Waals surface area contributed by atoms with Crippen molar-refractivity contribution < 1.29 is 33.7 Å². The van der Waals surface area contributed by atoms with E-state index in [0.717, 1.165) is 5.57 Å². The molecule has 7 atom stereocenters. The van der Waals surface area contributed by atoms with E-state index in [2.05, 4.69) is 6.08 Å². The topological polar surface area (TPSA) is 99.1 Å². The molecule has 28 heavy (non-hydrogen) atoms. The van der Waals surface area contributed by atoms with Crippen molar-refractivity contribution in [2.75, 3.05) is 0 Å². The molecular formula is C21H30O7. The zero-order chi connectivity index (χ0) is 21.0. The summed E-state index contributed by atoms with van der Waals surface area (Å²) < 4.78 is 17.0. The molecule has 0 radical (unpaired) electrons. The summed E-state index contributed by atoms with van der Waals surface area (Å²) in [6.45, 7) is 9.88. The lowest BCUT2D eigenvalue weighted by molar-refractivity contribution is -0.180. The first-order valence-corrected chi connectivity index (χ1v) is 9.88. The van der Waals surface area contributed by atoms with Crippen LogP contribution in [0.15, 0.2) is 11.6 Å². The third-order valence-electron chi connectivity index (χ3n) is 6.55. The molecule has 7 heteroatoms. The smallest absolute Gasteiger partial charge is 0.351 e. The summed E-state index contributed by atoms with van der Waals surface area (Å²) in [7, 11) is 0. The molecule has 0 bridgehead atoms. The Morgan fingerprint density at radius 1 is 1.32 bits per heavy atom. The first-order chi connectivity index (χ1) is 12.9. The van der Waals surface area contributed by atoms with E-state index in [-0.39, 0.29) is 24.2 Å². The summed E-state index contributed by atoms with van der Waals surface area (Å²) in [6.07, 6.45) is 1.39. The maximum Gasteiger partial charge on any atom is 0.351 e. The monoisotopic (exact) mass is 394 g/mol. The minimum atomic E-state index is -1.58. The Morgan fingerprint density at radius 2 is 1.96 bits per heavy atom. The number of carbonyl (C=O) groups is 3. The second-order valence-corrected chi connectivity index (χ2v) is 9.10. The highest BCUT2D eigenvalue weighted by molar-refractivity contribution is 5.85. The van der Waals surface area contributed by atoms with Crippen LogP contribution >= 0.6 is 0 Å². The summed E-state index contributed by atoms with van der Waals surface area (Å²) in [5, 5.41) is 11.3. The fourth-order valence-corrected chi connectivity index (χ4v) is 5.16. The first kappa shape index (κ1) is 20.8. The van der Waals surface area contributed by atoms with Crippen LogP contribution in [0.3, 0.4) is 0 Å². The minimum Gasteiger partial charge on any atom is -0.461 e. The van der Waals surface area contributed by atoms with Gasteiger partial charge in [0.25, 0.3) is 0 Å². The number of allylic oxidation sites excluding steroid dienone is 1. The molecular weight excluding hydrogens is 364 g/mol. The van der Waals surface area contributed by atoms with Gasteiger partial charge in [-0.3, -0.25) is 9.59 Å². The van der Waals surface area contributed by atoms with Gasteiger partial charge < -0.3 is 19.3 Å². The molecule has 3 rings (SSSR count). The van der Waals surface area contributed by atoms with Crippen molar-refractivity contribution in [1.29, 1.82) is 0 Å². The Hall–Kier alpha value is -1.89. The largest absolute Gasteiger partial charge is 0.461 e. The quantitative estimate of drug-likeness (QED) is 0.445. The van der Waals surface area contributed by atoms with Crippen LogP contribution in [0.25, 0.3) is 0 Å². The SMILES string of the molecule is CC(=O)O[C@]1(C)C(=O)O[C@H]2[C@@H]3C(C)=CC[C@@H]3[C@@](C)(O)C[C@H](OC(=O)C(C)C)[C@H]21. The van der Waals surface area contributed by atoms with Crippen molar-refractivity contribution in [3.05, 3.63) is 11.6 Å². The van der Waals surface area contributed by atoms with Crippen molar-refractivity contribution in [3.8, 4) is 0 Å². The highest BCUT2D eigenvalue weighted by atomic mass is 16.6. The Kier molecular flexibility index (Phi) is 5.11. The Morgan fingerprint density at radius 3 is 2.54 bits per heavy atom. The van der Waals surface area contributed by atoms with Crippen LogP contribution < -0.4 is 0 Å². The van der Waals surface area contributed by atoms with Gasteiger partial charge in [0, 0.05) is 25.2 Å². The van der Waals surface area contributed by atoms with Crippen molar-refractivity contribution in [1.82, 2.24) is 0 Å². The molecule has 0 unspecified atom stereocenters. The molecule has 2 fully saturated rings. The number of aliphatic hydroxyl groups is 1. The van der Waals surface area contributed by atoms with E-state index >= 15 is 0 Å². The Bertz CT molecular complexity index is 722. The number of fused-ring (bicyclic) bond motifs is 3. The molecule has 1 saturated carbocycles. The maximum absolute atomic E-state index is 12.8. The predicted octanol–water partition coefficient (Wildman–Crippen LogP) is 2.15.